The third kappa shape index (κ3) is 2.87. The molecule has 0 unspecified atom stereocenters. The molecule has 0 radical (unpaired) electrons. The second kappa shape index (κ2) is 6.12. The maximum Gasteiger partial charge on any atom is 0.282 e. The van der Waals surface area contributed by atoms with Crippen LogP contribution in [0.25, 0.3) is 0 Å². The van der Waals surface area contributed by atoms with Gasteiger partial charge in [0.15, 0.2) is 9.84 Å². The molecule has 2 aliphatic rings. The average molecular weight is 386 g/mol. The van der Waals surface area contributed by atoms with Gasteiger partial charge in [-0.1, -0.05) is 12.1 Å². The van der Waals surface area contributed by atoms with Gasteiger partial charge in [0.25, 0.3) is 11.8 Å². The fourth-order valence-corrected chi connectivity index (χ4v) is 5.28. The van der Waals surface area contributed by atoms with Gasteiger partial charge in [0.2, 0.25) is 0 Å². The van der Waals surface area contributed by atoms with Crippen molar-refractivity contribution in [3.05, 3.63) is 52.3 Å². The molecule has 1 saturated heterocycles. The normalized spacial score (nSPS) is 21.4. The lowest BCUT2D eigenvalue weighted by Gasteiger charge is -2.11. The minimum Gasteiger partial charge on any atom is -0.267 e. The van der Waals surface area contributed by atoms with Gasteiger partial charge in [0.05, 0.1) is 40.6 Å². The minimum atomic E-state index is -3.03. The molecule has 1 aromatic heterocycles. The lowest BCUT2D eigenvalue weighted by Crippen LogP contribution is -2.24. The van der Waals surface area contributed by atoms with Crippen LogP contribution in [-0.4, -0.2) is 52.7 Å². The first-order chi connectivity index (χ1) is 12.8. The number of carbonyl (C=O) groups excluding carboxylic acids is 2. The summed E-state index contributed by atoms with van der Waals surface area (Å²) in [7, 11) is -3.03. The standard InChI is InChI=1S/C18H18N4O4S/c1-11-16(12(2)21(20-11)13-7-8-27(25,26)10-13)9-19-22-17(23)14-5-3-4-6-15(14)18(22)24/h3-6,9,13H,7-8,10H2,1-2H3/b19-9-/t13-/m0/s1. The van der Waals surface area contributed by atoms with E-state index in [-0.39, 0.29) is 17.5 Å². The van der Waals surface area contributed by atoms with E-state index < -0.39 is 21.7 Å². The van der Waals surface area contributed by atoms with Gasteiger partial charge in [-0.25, -0.2) is 8.42 Å². The van der Waals surface area contributed by atoms with E-state index in [9.17, 15) is 18.0 Å². The van der Waals surface area contributed by atoms with Crippen LogP contribution >= 0.6 is 0 Å². The third-order valence-corrected chi connectivity index (χ3v) is 6.76. The first-order valence-corrected chi connectivity index (χ1v) is 10.4. The van der Waals surface area contributed by atoms with Crippen molar-refractivity contribution >= 4 is 27.9 Å². The predicted molar refractivity (Wildman–Crippen MR) is 98.5 cm³/mol. The van der Waals surface area contributed by atoms with E-state index in [0.717, 1.165) is 10.7 Å². The zero-order valence-corrected chi connectivity index (χ0v) is 15.7. The highest BCUT2D eigenvalue weighted by Gasteiger charge is 2.35. The molecule has 8 nitrogen and oxygen atoms in total. The fourth-order valence-electron chi connectivity index (χ4n) is 3.58. The Labute approximate surface area is 156 Å². The van der Waals surface area contributed by atoms with Gasteiger partial charge in [-0.15, -0.1) is 0 Å². The van der Waals surface area contributed by atoms with Gasteiger partial charge < -0.3 is 0 Å². The van der Waals surface area contributed by atoms with Crippen molar-refractivity contribution in [2.24, 2.45) is 5.10 Å². The Bertz CT molecular complexity index is 1070. The number of carbonyl (C=O) groups is 2. The number of aryl methyl sites for hydroxylation is 1. The molecule has 0 spiro atoms. The van der Waals surface area contributed by atoms with E-state index in [2.05, 4.69) is 10.2 Å². The average Bonchev–Trinajstić information content (AvgIpc) is 3.21. The van der Waals surface area contributed by atoms with E-state index in [1.165, 1.54) is 6.21 Å². The van der Waals surface area contributed by atoms with Gasteiger partial charge in [-0.2, -0.15) is 15.2 Å². The molecule has 0 aliphatic carbocycles. The summed E-state index contributed by atoms with van der Waals surface area (Å²) >= 11 is 0. The number of sulfone groups is 1. The summed E-state index contributed by atoms with van der Waals surface area (Å²) < 4.78 is 25.2. The zero-order chi connectivity index (χ0) is 19.3. The first-order valence-electron chi connectivity index (χ1n) is 8.56. The Morgan fingerprint density at radius 1 is 1.15 bits per heavy atom. The van der Waals surface area contributed by atoms with Crippen LogP contribution in [-0.2, 0) is 9.84 Å². The van der Waals surface area contributed by atoms with Crippen molar-refractivity contribution in [3.8, 4) is 0 Å². The number of imide groups is 1. The van der Waals surface area contributed by atoms with Crippen LogP contribution in [0.3, 0.4) is 0 Å². The lowest BCUT2D eigenvalue weighted by atomic mass is 10.1. The maximum atomic E-state index is 12.4. The first kappa shape index (κ1) is 17.6. The van der Waals surface area contributed by atoms with E-state index in [1.54, 1.807) is 35.9 Å². The van der Waals surface area contributed by atoms with Crippen LogP contribution < -0.4 is 0 Å². The highest BCUT2D eigenvalue weighted by molar-refractivity contribution is 7.91. The molecule has 2 amide bonds. The van der Waals surface area contributed by atoms with Gasteiger partial charge in [-0.05, 0) is 32.4 Å². The van der Waals surface area contributed by atoms with Crippen molar-refractivity contribution in [1.29, 1.82) is 0 Å². The van der Waals surface area contributed by atoms with E-state index in [1.807, 2.05) is 6.92 Å². The van der Waals surface area contributed by atoms with Crippen LogP contribution in [0, 0.1) is 13.8 Å². The molecular formula is C18H18N4O4S. The fraction of sp³-hybridized carbons (Fsp3) is 0.333. The summed E-state index contributed by atoms with van der Waals surface area (Å²) in [6.07, 6.45) is 1.97. The summed E-state index contributed by atoms with van der Waals surface area (Å²) in [6.45, 7) is 3.62. The molecule has 2 aromatic rings. The Morgan fingerprint density at radius 3 is 2.33 bits per heavy atom. The molecule has 0 saturated carbocycles. The molecule has 1 aromatic carbocycles. The Kier molecular flexibility index (Phi) is 3.99. The van der Waals surface area contributed by atoms with Gasteiger partial charge >= 0.3 is 0 Å². The van der Waals surface area contributed by atoms with Gasteiger partial charge in [-0.3, -0.25) is 14.3 Å². The van der Waals surface area contributed by atoms with Crippen LogP contribution in [0.1, 0.15) is 50.1 Å². The molecule has 0 N–H and O–H groups in total. The SMILES string of the molecule is Cc1nn([C@H]2CCS(=O)(=O)C2)c(C)c1/C=N\N1C(=O)c2ccccc2C1=O. The summed E-state index contributed by atoms with van der Waals surface area (Å²) in [5, 5.41) is 9.40. The molecule has 4 rings (SSSR count). The number of nitrogens with zero attached hydrogens (tertiary/aromatic N) is 4. The Morgan fingerprint density at radius 2 is 1.78 bits per heavy atom. The van der Waals surface area contributed by atoms with E-state index in [4.69, 9.17) is 0 Å². The molecular weight excluding hydrogens is 368 g/mol. The quantitative estimate of drug-likeness (QED) is 0.587. The monoisotopic (exact) mass is 386 g/mol. The van der Waals surface area contributed by atoms with Crippen molar-refractivity contribution < 1.29 is 18.0 Å². The lowest BCUT2D eigenvalue weighted by molar-refractivity contribution is 0.0660. The Hall–Kier alpha value is -2.81. The molecule has 2 aliphatic heterocycles. The van der Waals surface area contributed by atoms with Crippen LogP contribution in [0.2, 0.25) is 0 Å². The number of fused-ring (bicyclic) bond motifs is 1. The maximum absolute atomic E-state index is 12.4. The Balaban J connectivity index is 1.63. The zero-order valence-electron chi connectivity index (χ0n) is 14.9. The number of hydrazone groups is 1. The molecule has 0 bridgehead atoms. The number of benzene rings is 1. The second-order valence-corrected chi connectivity index (χ2v) is 9.03. The number of amides is 2. The van der Waals surface area contributed by atoms with Crippen LogP contribution in [0.5, 0.6) is 0 Å². The molecule has 3 heterocycles. The molecule has 1 atom stereocenters. The van der Waals surface area contributed by atoms with Gasteiger partial charge in [0.1, 0.15) is 0 Å². The third-order valence-electron chi connectivity index (χ3n) is 5.01. The highest BCUT2D eigenvalue weighted by atomic mass is 32.2. The molecule has 27 heavy (non-hydrogen) atoms. The minimum absolute atomic E-state index is 0.0734. The second-order valence-electron chi connectivity index (χ2n) is 6.80. The number of hydrogen-bond acceptors (Lipinski definition) is 6. The predicted octanol–water partition coefficient (Wildman–Crippen LogP) is 1.49. The van der Waals surface area contributed by atoms with E-state index in [0.29, 0.717) is 28.8 Å². The van der Waals surface area contributed by atoms with Crippen molar-refractivity contribution in [2.75, 3.05) is 11.5 Å². The molecule has 1 fully saturated rings. The van der Waals surface area contributed by atoms with Gasteiger partial charge in [0, 0.05) is 11.3 Å². The molecule has 140 valence electrons. The smallest absolute Gasteiger partial charge is 0.267 e. The summed E-state index contributed by atoms with van der Waals surface area (Å²) in [5.74, 6) is -0.689. The summed E-state index contributed by atoms with van der Waals surface area (Å²) in [6, 6.07) is 6.40. The van der Waals surface area contributed by atoms with Crippen molar-refractivity contribution in [1.82, 2.24) is 14.8 Å². The topological polar surface area (TPSA) is 102 Å². The number of rotatable bonds is 3. The van der Waals surface area contributed by atoms with Crippen LogP contribution in [0.15, 0.2) is 29.4 Å². The highest BCUT2D eigenvalue weighted by Crippen LogP contribution is 2.27. The van der Waals surface area contributed by atoms with E-state index >= 15 is 0 Å². The summed E-state index contributed by atoms with van der Waals surface area (Å²) in [5.41, 5.74) is 2.77. The van der Waals surface area contributed by atoms with Crippen LogP contribution in [0.4, 0.5) is 0 Å². The van der Waals surface area contributed by atoms with Crippen molar-refractivity contribution in [3.63, 3.8) is 0 Å². The summed E-state index contributed by atoms with van der Waals surface area (Å²) in [4.78, 5) is 24.8. The molecule has 9 heteroatoms. The van der Waals surface area contributed by atoms with Crippen molar-refractivity contribution in [2.45, 2.75) is 26.3 Å². The number of hydrogen-bond donors (Lipinski definition) is 0. The number of aromatic nitrogens is 2. The largest absolute Gasteiger partial charge is 0.282 e.